The first-order valence-corrected chi connectivity index (χ1v) is 11.2. The topological polar surface area (TPSA) is 79.2 Å². The Kier molecular flexibility index (Phi) is 3.44. The van der Waals surface area contributed by atoms with Crippen molar-refractivity contribution < 1.29 is 24.5 Å². The van der Waals surface area contributed by atoms with Gasteiger partial charge in [0.2, 0.25) is 0 Å². The predicted molar refractivity (Wildman–Crippen MR) is 100 cm³/mol. The first kappa shape index (κ1) is 18.1. The summed E-state index contributed by atoms with van der Waals surface area (Å²) in [5.41, 5.74) is -1.46. The Balaban J connectivity index is 1.66. The molecule has 7 fully saturated rings. The van der Waals surface area contributed by atoms with Crippen LogP contribution in [0.25, 0.3) is 0 Å². The van der Waals surface area contributed by atoms with E-state index in [0.717, 1.165) is 32.4 Å². The average Bonchev–Trinajstić information content (AvgIpc) is 2.73. The zero-order chi connectivity index (χ0) is 19.6. The van der Waals surface area contributed by atoms with E-state index in [9.17, 15) is 15.0 Å². The molecule has 0 aromatic carbocycles. The molecular weight excluding hydrogens is 358 g/mol. The molecule has 6 heteroatoms. The highest BCUT2D eigenvalue weighted by molar-refractivity contribution is 5.77. The number of aliphatic hydroxyl groups excluding tert-OH is 1. The summed E-state index contributed by atoms with van der Waals surface area (Å²) in [5, 5.41) is 23.9. The lowest BCUT2D eigenvalue weighted by Gasteiger charge is -2.69. The molecule has 0 aromatic heterocycles. The number of rotatable bonds is 2. The van der Waals surface area contributed by atoms with E-state index >= 15 is 0 Å². The van der Waals surface area contributed by atoms with Gasteiger partial charge >= 0.3 is 5.97 Å². The van der Waals surface area contributed by atoms with Crippen LogP contribution in [0, 0.1) is 34.5 Å². The Morgan fingerprint density at radius 2 is 2.11 bits per heavy atom. The summed E-state index contributed by atoms with van der Waals surface area (Å²) >= 11 is 0. The predicted octanol–water partition coefficient (Wildman–Crippen LogP) is 1.19. The molecule has 1 spiro atoms. The summed E-state index contributed by atoms with van der Waals surface area (Å²) < 4.78 is 11.9. The van der Waals surface area contributed by atoms with E-state index in [1.165, 1.54) is 0 Å². The van der Waals surface area contributed by atoms with Crippen molar-refractivity contribution in [2.45, 2.75) is 75.9 Å². The van der Waals surface area contributed by atoms with Crippen molar-refractivity contribution in [1.29, 1.82) is 0 Å². The number of piperidine rings is 1. The number of nitrogens with zero attached hydrogens (tertiary/aromatic N) is 1. The second-order valence-electron chi connectivity index (χ2n) is 10.8. The number of carbonyl (C=O) groups is 1. The smallest absolute Gasteiger partial charge is 0.312 e. The number of hydrogen-bond acceptors (Lipinski definition) is 6. The molecule has 28 heavy (non-hydrogen) atoms. The summed E-state index contributed by atoms with van der Waals surface area (Å²) in [6, 6.07) is 0.0757. The Morgan fingerprint density at radius 1 is 1.32 bits per heavy atom. The van der Waals surface area contributed by atoms with Gasteiger partial charge in [0.1, 0.15) is 6.10 Å². The number of aliphatic hydroxyl groups is 2. The van der Waals surface area contributed by atoms with Gasteiger partial charge in [0.05, 0.1) is 23.7 Å². The van der Waals surface area contributed by atoms with Crippen LogP contribution in [0.4, 0.5) is 0 Å². The van der Waals surface area contributed by atoms with Gasteiger partial charge in [-0.2, -0.15) is 0 Å². The van der Waals surface area contributed by atoms with E-state index in [2.05, 4.69) is 18.7 Å². The molecule has 4 aliphatic carbocycles. The Morgan fingerprint density at radius 3 is 2.82 bits per heavy atom. The van der Waals surface area contributed by atoms with Crippen LogP contribution in [0.3, 0.4) is 0 Å². The van der Waals surface area contributed by atoms with E-state index in [4.69, 9.17) is 9.47 Å². The highest BCUT2D eigenvalue weighted by atomic mass is 16.5. The molecular formula is C22H33NO5. The second kappa shape index (κ2) is 5.32. The van der Waals surface area contributed by atoms with Gasteiger partial charge in [0.25, 0.3) is 0 Å². The minimum Gasteiger partial charge on any atom is -0.462 e. The zero-order valence-electron chi connectivity index (χ0n) is 17.1. The number of methoxy groups -OCH3 is 1. The quantitative estimate of drug-likeness (QED) is 0.689. The van der Waals surface area contributed by atoms with Gasteiger partial charge in [-0.3, -0.25) is 9.69 Å². The van der Waals surface area contributed by atoms with E-state index in [1.54, 1.807) is 7.11 Å². The van der Waals surface area contributed by atoms with Crippen molar-refractivity contribution in [3.8, 4) is 0 Å². The second-order valence-corrected chi connectivity index (χ2v) is 10.8. The third kappa shape index (κ3) is 1.68. The van der Waals surface area contributed by atoms with Crippen LogP contribution in [-0.2, 0) is 14.3 Å². The molecule has 0 radical (unpaired) electrons. The average molecular weight is 392 g/mol. The van der Waals surface area contributed by atoms with Crippen LogP contribution in [0.1, 0.15) is 46.0 Å². The maximum atomic E-state index is 13.1. The number of carbonyl (C=O) groups excluding carboxylic acids is 1. The van der Waals surface area contributed by atoms with E-state index in [1.807, 2.05) is 0 Å². The van der Waals surface area contributed by atoms with Gasteiger partial charge in [-0.15, -0.1) is 0 Å². The van der Waals surface area contributed by atoms with E-state index in [0.29, 0.717) is 12.8 Å². The van der Waals surface area contributed by atoms with Crippen molar-refractivity contribution in [3.05, 3.63) is 0 Å². The maximum Gasteiger partial charge on any atom is 0.312 e. The molecule has 2 N–H and O–H groups in total. The summed E-state index contributed by atoms with van der Waals surface area (Å²) in [7, 11) is 1.79. The molecule has 3 aliphatic heterocycles. The van der Waals surface area contributed by atoms with Gasteiger partial charge in [-0.1, -0.05) is 13.8 Å². The standard InChI is InChI=1S/C22H33NO5/c1-4-23-10-20(2)7-6-13(27-3)22-12-9-11-5-8-21(26,14(12)19(25)28-11)15(18(22)23)16(24)17(20)22/h11-18,24,26H,4-10H2,1-3H3/t11-,12+,13-,14+,15-,16+,17+,18+,20-,21+,22-/m0/s1. The molecule has 7 aliphatic rings. The molecule has 156 valence electrons. The molecule has 0 unspecified atom stereocenters. The van der Waals surface area contributed by atoms with Gasteiger partial charge in [-0.25, -0.2) is 0 Å². The molecule has 3 heterocycles. The lowest BCUT2D eigenvalue weighted by molar-refractivity contribution is -0.269. The van der Waals surface area contributed by atoms with Crippen molar-refractivity contribution >= 4 is 5.97 Å². The van der Waals surface area contributed by atoms with Crippen LogP contribution in [-0.4, -0.2) is 71.2 Å². The largest absolute Gasteiger partial charge is 0.462 e. The number of fused-ring (bicyclic) bond motifs is 2. The van der Waals surface area contributed by atoms with Crippen LogP contribution < -0.4 is 0 Å². The highest BCUT2D eigenvalue weighted by Crippen LogP contribution is 2.77. The minimum absolute atomic E-state index is 0.0123. The van der Waals surface area contributed by atoms with Crippen molar-refractivity contribution in [2.75, 3.05) is 20.2 Å². The monoisotopic (exact) mass is 391 g/mol. The fraction of sp³-hybridized carbons (Fsp3) is 0.955. The molecule has 3 saturated heterocycles. The summed E-state index contributed by atoms with van der Waals surface area (Å²) in [4.78, 5) is 15.6. The van der Waals surface area contributed by atoms with Gasteiger partial charge in [0.15, 0.2) is 0 Å². The van der Waals surface area contributed by atoms with Crippen LogP contribution in [0.15, 0.2) is 0 Å². The minimum atomic E-state index is -1.17. The van der Waals surface area contributed by atoms with Crippen molar-refractivity contribution in [1.82, 2.24) is 4.90 Å². The molecule has 9 bridgehead atoms. The molecule has 6 nitrogen and oxygen atoms in total. The molecule has 4 saturated carbocycles. The zero-order valence-corrected chi connectivity index (χ0v) is 17.1. The number of ether oxygens (including phenoxy) is 2. The van der Waals surface area contributed by atoms with E-state index in [-0.39, 0.29) is 52.8 Å². The lowest BCUT2D eigenvalue weighted by atomic mass is 9.42. The lowest BCUT2D eigenvalue weighted by Crippen LogP contribution is -2.76. The first-order chi connectivity index (χ1) is 13.3. The van der Waals surface area contributed by atoms with Gasteiger partial charge in [-0.05, 0) is 50.0 Å². The summed E-state index contributed by atoms with van der Waals surface area (Å²) in [6.07, 6.45) is 3.38. The van der Waals surface area contributed by atoms with E-state index < -0.39 is 17.6 Å². The molecule has 0 aromatic rings. The van der Waals surface area contributed by atoms with Crippen LogP contribution in [0.5, 0.6) is 0 Å². The van der Waals surface area contributed by atoms with Crippen LogP contribution >= 0.6 is 0 Å². The molecule has 11 atom stereocenters. The number of esters is 1. The normalized spacial score (nSPS) is 61.8. The number of likely N-dealkylation sites (tertiary alicyclic amines) is 1. The highest BCUT2D eigenvalue weighted by Gasteiger charge is 2.84. The third-order valence-corrected chi connectivity index (χ3v) is 10.1. The van der Waals surface area contributed by atoms with Crippen molar-refractivity contribution in [2.24, 2.45) is 34.5 Å². The fourth-order valence-corrected chi connectivity index (χ4v) is 9.64. The maximum absolute atomic E-state index is 13.1. The van der Waals surface area contributed by atoms with Gasteiger partial charge in [0, 0.05) is 36.9 Å². The fourth-order valence-electron chi connectivity index (χ4n) is 9.64. The van der Waals surface area contributed by atoms with Crippen molar-refractivity contribution in [3.63, 3.8) is 0 Å². The molecule has 7 rings (SSSR count). The first-order valence-electron chi connectivity index (χ1n) is 11.2. The van der Waals surface area contributed by atoms with Gasteiger partial charge < -0.3 is 19.7 Å². The van der Waals surface area contributed by atoms with Crippen LogP contribution in [0.2, 0.25) is 0 Å². The molecule has 0 amide bonds. The Hall–Kier alpha value is -0.690. The summed E-state index contributed by atoms with van der Waals surface area (Å²) in [6.45, 7) is 6.38. The summed E-state index contributed by atoms with van der Waals surface area (Å²) in [5.74, 6) is -0.969. The Bertz CT molecular complexity index is 730. The third-order valence-electron chi connectivity index (χ3n) is 10.1. The Labute approximate surface area is 166 Å². The SMILES string of the molecule is CCN1C[C@]2(C)CC[C@H](OC)[C@@]34[C@@H]5C[C@@H]6CC[C@](O)([C@@H]([C@@H](O)[C@H]23)[C@@H]14)[C@H]5C(=O)O6. The number of hydrogen-bond donors (Lipinski definition) is 2.